The van der Waals surface area contributed by atoms with E-state index in [1.165, 1.54) is 5.56 Å². The summed E-state index contributed by atoms with van der Waals surface area (Å²) in [5.41, 5.74) is 3.49. The van der Waals surface area contributed by atoms with Gasteiger partial charge in [-0.25, -0.2) is 0 Å². The van der Waals surface area contributed by atoms with Crippen LogP contribution < -0.4 is 10.6 Å². The summed E-state index contributed by atoms with van der Waals surface area (Å²) >= 11 is 5.86. The van der Waals surface area contributed by atoms with Gasteiger partial charge in [0.2, 0.25) is 0 Å². The molecule has 1 heterocycles. The maximum atomic E-state index is 12.3. The summed E-state index contributed by atoms with van der Waals surface area (Å²) < 4.78 is 0. The second-order valence-electron chi connectivity index (χ2n) is 5.61. The average Bonchev–Trinajstić information content (AvgIpc) is 2.67. The van der Waals surface area contributed by atoms with Gasteiger partial charge in [-0.1, -0.05) is 54.1 Å². The Balaban J connectivity index is 1.58. The van der Waals surface area contributed by atoms with E-state index < -0.39 is 0 Å². The van der Waals surface area contributed by atoms with E-state index in [9.17, 15) is 4.79 Å². The average molecular weight is 352 g/mol. The highest BCUT2D eigenvalue weighted by molar-refractivity contribution is 6.30. The predicted molar refractivity (Wildman–Crippen MR) is 101 cm³/mol. The van der Waals surface area contributed by atoms with Crippen LogP contribution in [-0.4, -0.2) is 10.9 Å². The quantitative estimate of drug-likeness (QED) is 0.697. The predicted octanol–water partition coefficient (Wildman–Crippen LogP) is 4.28. The molecule has 0 bridgehead atoms. The number of nitrogens with one attached hydrogen (secondary N) is 2. The maximum Gasteiger partial charge on any atom is 0.253 e. The minimum absolute atomic E-state index is 0.161. The Morgan fingerprint density at radius 3 is 2.40 bits per heavy atom. The highest BCUT2D eigenvalue weighted by Gasteiger charge is 2.07. The van der Waals surface area contributed by atoms with Crippen LogP contribution in [0.3, 0.4) is 0 Å². The van der Waals surface area contributed by atoms with Crippen molar-refractivity contribution in [3.05, 3.63) is 94.8 Å². The summed E-state index contributed by atoms with van der Waals surface area (Å²) in [7, 11) is 0. The molecule has 1 amide bonds. The molecule has 126 valence electrons. The molecule has 3 aromatic rings. The second kappa shape index (κ2) is 8.31. The summed E-state index contributed by atoms with van der Waals surface area (Å²) in [6.45, 7) is 1.12. The van der Waals surface area contributed by atoms with Gasteiger partial charge in [0.05, 0.1) is 11.3 Å². The minimum Gasteiger partial charge on any atom is -0.380 e. The van der Waals surface area contributed by atoms with Gasteiger partial charge >= 0.3 is 0 Å². The molecule has 0 unspecified atom stereocenters. The lowest BCUT2D eigenvalue weighted by atomic mass is 10.2. The van der Waals surface area contributed by atoms with Crippen molar-refractivity contribution in [1.29, 1.82) is 0 Å². The van der Waals surface area contributed by atoms with Gasteiger partial charge in [-0.2, -0.15) is 0 Å². The molecule has 0 aliphatic heterocycles. The number of halogens is 1. The number of nitrogens with zero attached hydrogens (tertiary/aromatic N) is 1. The number of benzene rings is 2. The van der Waals surface area contributed by atoms with E-state index in [4.69, 9.17) is 11.6 Å². The SMILES string of the molecule is O=C(NCc1ccc(Cl)cc1)c1cncc(NCc2ccccc2)c1. The van der Waals surface area contributed by atoms with Crippen molar-refractivity contribution in [2.24, 2.45) is 0 Å². The van der Waals surface area contributed by atoms with E-state index in [1.807, 2.05) is 42.5 Å². The topological polar surface area (TPSA) is 54.0 Å². The fraction of sp³-hybridized carbons (Fsp3) is 0.100. The van der Waals surface area contributed by atoms with Crippen LogP contribution in [0.4, 0.5) is 5.69 Å². The van der Waals surface area contributed by atoms with Gasteiger partial charge in [0, 0.05) is 30.5 Å². The molecular formula is C20H18ClN3O. The van der Waals surface area contributed by atoms with Crippen LogP contribution in [0.15, 0.2) is 73.1 Å². The van der Waals surface area contributed by atoms with Crippen LogP contribution >= 0.6 is 11.6 Å². The molecule has 0 aliphatic carbocycles. The standard InChI is InChI=1S/C20H18ClN3O/c21-18-8-6-16(7-9-18)12-24-20(25)17-10-19(14-22-13-17)23-11-15-4-2-1-3-5-15/h1-10,13-14,23H,11-12H2,(H,24,25). The highest BCUT2D eigenvalue weighted by Crippen LogP contribution is 2.12. The van der Waals surface area contributed by atoms with Crippen molar-refractivity contribution in [3.8, 4) is 0 Å². The zero-order valence-corrected chi connectivity index (χ0v) is 14.3. The number of rotatable bonds is 6. The number of amides is 1. The molecular weight excluding hydrogens is 334 g/mol. The van der Waals surface area contributed by atoms with Crippen LogP contribution in [0.5, 0.6) is 0 Å². The molecule has 2 aromatic carbocycles. The normalized spacial score (nSPS) is 10.3. The Labute approximate surface area is 151 Å². The number of anilines is 1. The summed E-state index contributed by atoms with van der Waals surface area (Å²) in [6, 6.07) is 19.2. The third-order valence-corrected chi connectivity index (χ3v) is 3.96. The molecule has 3 rings (SSSR count). The Morgan fingerprint density at radius 1 is 0.920 bits per heavy atom. The van der Waals surface area contributed by atoms with Crippen LogP contribution in [0.25, 0.3) is 0 Å². The molecule has 0 spiro atoms. The smallest absolute Gasteiger partial charge is 0.253 e. The van der Waals surface area contributed by atoms with Crippen molar-refractivity contribution < 1.29 is 4.79 Å². The van der Waals surface area contributed by atoms with Gasteiger partial charge in [0.1, 0.15) is 0 Å². The van der Waals surface area contributed by atoms with Gasteiger partial charge < -0.3 is 10.6 Å². The number of carbonyl (C=O) groups excluding carboxylic acids is 1. The highest BCUT2D eigenvalue weighted by atomic mass is 35.5. The molecule has 1 aromatic heterocycles. The van der Waals surface area contributed by atoms with Crippen molar-refractivity contribution in [2.45, 2.75) is 13.1 Å². The van der Waals surface area contributed by atoms with E-state index in [-0.39, 0.29) is 5.91 Å². The molecule has 4 nitrogen and oxygen atoms in total. The van der Waals surface area contributed by atoms with Crippen LogP contribution in [-0.2, 0) is 13.1 Å². The molecule has 25 heavy (non-hydrogen) atoms. The number of hydrogen-bond donors (Lipinski definition) is 2. The lowest BCUT2D eigenvalue weighted by molar-refractivity contribution is 0.0950. The number of hydrogen-bond acceptors (Lipinski definition) is 3. The van der Waals surface area contributed by atoms with E-state index >= 15 is 0 Å². The lowest BCUT2D eigenvalue weighted by Gasteiger charge is -2.09. The van der Waals surface area contributed by atoms with Crippen molar-refractivity contribution >= 4 is 23.2 Å². The monoisotopic (exact) mass is 351 g/mol. The van der Waals surface area contributed by atoms with Crippen molar-refractivity contribution in [1.82, 2.24) is 10.3 Å². The first-order valence-corrected chi connectivity index (χ1v) is 8.34. The molecule has 5 heteroatoms. The molecule has 0 aliphatic rings. The number of carbonyl (C=O) groups is 1. The fourth-order valence-electron chi connectivity index (χ4n) is 2.35. The first kappa shape index (κ1) is 17.0. The summed E-state index contributed by atoms with van der Waals surface area (Å²) in [6.07, 6.45) is 3.27. The third kappa shape index (κ3) is 5.06. The van der Waals surface area contributed by atoms with Gasteiger partial charge in [-0.15, -0.1) is 0 Å². The van der Waals surface area contributed by atoms with E-state index in [1.54, 1.807) is 30.6 Å². The second-order valence-corrected chi connectivity index (χ2v) is 6.05. The molecule has 2 N–H and O–H groups in total. The maximum absolute atomic E-state index is 12.3. The van der Waals surface area contributed by atoms with Crippen molar-refractivity contribution in [2.75, 3.05) is 5.32 Å². The molecule has 0 fully saturated rings. The van der Waals surface area contributed by atoms with Gasteiger partial charge in [-0.05, 0) is 29.3 Å². The zero-order valence-electron chi connectivity index (χ0n) is 13.6. The molecule has 0 saturated heterocycles. The van der Waals surface area contributed by atoms with Gasteiger partial charge in [0.15, 0.2) is 0 Å². The Morgan fingerprint density at radius 2 is 1.64 bits per heavy atom. The zero-order chi connectivity index (χ0) is 17.5. The summed E-state index contributed by atoms with van der Waals surface area (Å²) in [5, 5.41) is 6.84. The van der Waals surface area contributed by atoms with Crippen molar-refractivity contribution in [3.63, 3.8) is 0 Å². The molecule has 0 saturated carbocycles. The van der Waals surface area contributed by atoms with Gasteiger partial charge in [-0.3, -0.25) is 9.78 Å². The summed E-state index contributed by atoms with van der Waals surface area (Å²) in [5.74, 6) is -0.161. The van der Waals surface area contributed by atoms with Crippen LogP contribution in [0.2, 0.25) is 5.02 Å². The van der Waals surface area contributed by atoms with E-state index in [2.05, 4.69) is 15.6 Å². The van der Waals surface area contributed by atoms with Gasteiger partial charge in [0.25, 0.3) is 5.91 Å². The first-order chi connectivity index (χ1) is 12.2. The Bertz CT molecular complexity index is 835. The van der Waals surface area contributed by atoms with E-state index in [0.717, 1.165) is 11.3 Å². The largest absolute Gasteiger partial charge is 0.380 e. The lowest BCUT2D eigenvalue weighted by Crippen LogP contribution is -2.23. The molecule has 0 atom stereocenters. The van der Waals surface area contributed by atoms with Crippen LogP contribution in [0, 0.1) is 0 Å². The van der Waals surface area contributed by atoms with E-state index in [0.29, 0.717) is 23.7 Å². The first-order valence-electron chi connectivity index (χ1n) is 7.96. The summed E-state index contributed by atoms with van der Waals surface area (Å²) in [4.78, 5) is 16.5. The molecule has 0 radical (unpaired) electrons. The number of pyridine rings is 1. The minimum atomic E-state index is -0.161. The fourth-order valence-corrected chi connectivity index (χ4v) is 2.47. The third-order valence-electron chi connectivity index (χ3n) is 3.71. The Hall–Kier alpha value is -2.85. The Kier molecular flexibility index (Phi) is 5.65. The van der Waals surface area contributed by atoms with Crippen LogP contribution in [0.1, 0.15) is 21.5 Å². The number of aromatic nitrogens is 1.